The fraction of sp³-hybridized carbons (Fsp3) is 0.471. The van der Waals surface area contributed by atoms with Crippen LogP contribution in [0.1, 0.15) is 41.4 Å². The zero-order chi connectivity index (χ0) is 18.9. The van der Waals surface area contributed by atoms with Crippen LogP contribution in [0.4, 0.5) is 18.0 Å². The van der Waals surface area contributed by atoms with Crippen molar-refractivity contribution in [1.29, 1.82) is 0 Å². The first kappa shape index (κ1) is 18.2. The highest BCUT2D eigenvalue weighted by Gasteiger charge is 2.33. The Bertz CT molecular complexity index is 802. The molecule has 0 unspecified atom stereocenters. The van der Waals surface area contributed by atoms with Crippen molar-refractivity contribution in [2.24, 2.45) is 7.05 Å². The summed E-state index contributed by atoms with van der Waals surface area (Å²) in [6.07, 6.45) is -1.11. The molecule has 1 N–H and O–H groups in total. The smallest absolute Gasteiger partial charge is 0.334 e. The number of carbonyl (C=O) groups is 1. The minimum absolute atomic E-state index is 0.142. The summed E-state index contributed by atoms with van der Waals surface area (Å²) in [4.78, 5) is 14.2. The number of likely N-dealkylation sites (tertiary alicyclic amines) is 1. The van der Waals surface area contributed by atoms with E-state index in [0.717, 1.165) is 30.8 Å². The lowest BCUT2D eigenvalue weighted by Crippen LogP contribution is -2.39. The van der Waals surface area contributed by atoms with Crippen molar-refractivity contribution in [1.82, 2.24) is 25.0 Å². The number of alkyl halides is 3. The average Bonchev–Trinajstić information content (AvgIpc) is 3.20. The molecule has 1 atom stereocenters. The number of halogens is 3. The first-order valence-electron chi connectivity index (χ1n) is 8.32. The zero-order valence-corrected chi connectivity index (χ0v) is 14.5. The van der Waals surface area contributed by atoms with Crippen molar-refractivity contribution < 1.29 is 18.0 Å². The number of hydrogen-bond acceptors (Lipinski definition) is 3. The van der Waals surface area contributed by atoms with Gasteiger partial charge < -0.3 is 14.8 Å². The molecule has 1 saturated heterocycles. The van der Waals surface area contributed by atoms with Gasteiger partial charge in [0, 0.05) is 20.1 Å². The van der Waals surface area contributed by atoms with Gasteiger partial charge in [-0.25, -0.2) is 4.79 Å². The standard InChI is InChI=1S/C17H20F3N5O/c1-11-8-13(17(18,19)20)6-5-12(11)9-21-16(26)25-7-3-4-14(25)15-23-22-10-24(15)2/h5-6,8,10,14H,3-4,7,9H2,1-2H3,(H,21,26)/t14-/m1/s1. The summed E-state index contributed by atoms with van der Waals surface area (Å²) in [6, 6.07) is 3.14. The van der Waals surface area contributed by atoms with Gasteiger partial charge in [-0.2, -0.15) is 13.2 Å². The molecule has 3 rings (SSSR count). The van der Waals surface area contributed by atoms with Gasteiger partial charge in [-0.3, -0.25) is 0 Å². The van der Waals surface area contributed by atoms with Gasteiger partial charge in [-0.1, -0.05) is 6.07 Å². The van der Waals surface area contributed by atoms with Crippen molar-refractivity contribution >= 4 is 6.03 Å². The highest BCUT2D eigenvalue weighted by Crippen LogP contribution is 2.31. The zero-order valence-electron chi connectivity index (χ0n) is 14.5. The van der Waals surface area contributed by atoms with Gasteiger partial charge >= 0.3 is 12.2 Å². The number of nitrogens with zero attached hydrogens (tertiary/aromatic N) is 4. The molecule has 6 nitrogen and oxygen atoms in total. The van der Waals surface area contributed by atoms with Crippen molar-refractivity contribution in [2.45, 2.75) is 38.5 Å². The lowest BCUT2D eigenvalue weighted by atomic mass is 10.0. The minimum Gasteiger partial charge on any atom is -0.334 e. The van der Waals surface area contributed by atoms with Crippen LogP contribution < -0.4 is 5.32 Å². The highest BCUT2D eigenvalue weighted by atomic mass is 19.4. The van der Waals surface area contributed by atoms with Crippen LogP contribution in [0, 0.1) is 6.92 Å². The van der Waals surface area contributed by atoms with Crippen LogP contribution >= 0.6 is 0 Å². The summed E-state index contributed by atoms with van der Waals surface area (Å²) in [7, 11) is 1.83. The maximum Gasteiger partial charge on any atom is 0.416 e. The summed E-state index contributed by atoms with van der Waals surface area (Å²) < 4.78 is 40.0. The van der Waals surface area contributed by atoms with Gasteiger partial charge in [-0.15, -0.1) is 10.2 Å². The van der Waals surface area contributed by atoms with Gasteiger partial charge in [-0.05, 0) is 43.0 Å². The van der Waals surface area contributed by atoms with Crippen molar-refractivity contribution in [3.8, 4) is 0 Å². The monoisotopic (exact) mass is 367 g/mol. The normalized spacial score (nSPS) is 17.6. The topological polar surface area (TPSA) is 63.1 Å². The molecule has 0 saturated carbocycles. The molecule has 2 amide bonds. The predicted molar refractivity (Wildman–Crippen MR) is 88.1 cm³/mol. The number of rotatable bonds is 3. The van der Waals surface area contributed by atoms with E-state index in [1.807, 2.05) is 7.05 Å². The van der Waals surface area contributed by atoms with Crippen molar-refractivity contribution in [2.75, 3.05) is 6.54 Å². The third kappa shape index (κ3) is 3.66. The molecular formula is C17H20F3N5O. The van der Waals surface area contributed by atoms with Gasteiger partial charge in [0.15, 0.2) is 5.82 Å². The summed E-state index contributed by atoms with van der Waals surface area (Å²) in [5.74, 6) is 0.725. The maximum absolute atomic E-state index is 12.7. The van der Waals surface area contributed by atoms with Crippen molar-refractivity contribution in [3.63, 3.8) is 0 Å². The van der Waals surface area contributed by atoms with Crippen LogP contribution in [-0.4, -0.2) is 32.2 Å². The van der Waals surface area contributed by atoms with E-state index in [1.165, 1.54) is 6.07 Å². The van der Waals surface area contributed by atoms with Crippen LogP contribution in [0.2, 0.25) is 0 Å². The second-order valence-electron chi connectivity index (χ2n) is 6.45. The van der Waals surface area contributed by atoms with Crippen LogP contribution in [0.3, 0.4) is 0 Å². The minimum atomic E-state index is -4.37. The number of benzene rings is 1. The molecule has 1 aliphatic rings. The molecule has 0 radical (unpaired) electrons. The van der Waals surface area contributed by atoms with Crippen molar-refractivity contribution in [3.05, 3.63) is 47.0 Å². The average molecular weight is 367 g/mol. The summed E-state index contributed by atoms with van der Waals surface area (Å²) in [6.45, 7) is 2.38. The third-order valence-corrected chi connectivity index (χ3v) is 4.66. The lowest BCUT2D eigenvalue weighted by Gasteiger charge is -2.24. The third-order valence-electron chi connectivity index (χ3n) is 4.66. The molecule has 1 aliphatic heterocycles. The van der Waals surface area contributed by atoms with E-state index in [-0.39, 0.29) is 18.6 Å². The van der Waals surface area contributed by atoms with E-state index >= 15 is 0 Å². The Labute approximate surface area is 149 Å². The summed E-state index contributed by atoms with van der Waals surface area (Å²) >= 11 is 0. The summed E-state index contributed by atoms with van der Waals surface area (Å²) in [5.41, 5.74) is 0.458. The van der Waals surface area contributed by atoms with Crippen LogP contribution in [0.5, 0.6) is 0 Å². The molecule has 0 aliphatic carbocycles. The Kier molecular flexibility index (Phi) is 4.88. The van der Waals surface area contributed by atoms with E-state index < -0.39 is 11.7 Å². The number of nitrogens with one attached hydrogen (secondary N) is 1. The predicted octanol–water partition coefficient (Wildman–Crippen LogP) is 3.19. The Hall–Kier alpha value is -2.58. The molecule has 1 aromatic carbocycles. The highest BCUT2D eigenvalue weighted by molar-refractivity contribution is 5.75. The molecule has 2 heterocycles. The SMILES string of the molecule is Cc1cc(C(F)(F)F)ccc1CNC(=O)N1CCC[C@@H]1c1nncn1C. The Balaban J connectivity index is 1.66. The van der Waals surface area contributed by atoms with Gasteiger partial charge in [0.2, 0.25) is 0 Å². The van der Waals surface area contributed by atoms with Gasteiger partial charge in [0.1, 0.15) is 6.33 Å². The number of aromatic nitrogens is 3. The molecule has 140 valence electrons. The van der Waals surface area contributed by atoms with E-state index in [4.69, 9.17) is 0 Å². The number of carbonyl (C=O) groups excluding carboxylic acids is 1. The maximum atomic E-state index is 12.7. The first-order valence-corrected chi connectivity index (χ1v) is 8.32. The molecule has 0 bridgehead atoms. The summed E-state index contributed by atoms with van der Waals surface area (Å²) in [5, 5.41) is 10.7. The molecular weight excluding hydrogens is 347 g/mol. The Morgan fingerprint density at radius 1 is 1.38 bits per heavy atom. The molecule has 0 spiro atoms. The van der Waals surface area contributed by atoms with Gasteiger partial charge in [0.05, 0.1) is 11.6 Å². The lowest BCUT2D eigenvalue weighted by molar-refractivity contribution is -0.137. The van der Waals surface area contributed by atoms with E-state index in [1.54, 1.807) is 22.7 Å². The van der Waals surface area contributed by atoms with Gasteiger partial charge in [0.25, 0.3) is 0 Å². The van der Waals surface area contributed by atoms with Crippen LogP contribution in [-0.2, 0) is 19.8 Å². The van der Waals surface area contributed by atoms with Crippen LogP contribution in [0.15, 0.2) is 24.5 Å². The van der Waals surface area contributed by atoms with Crippen LogP contribution in [0.25, 0.3) is 0 Å². The number of aryl methyl sites for hydroxylation is 2. The Morgan fingerprint density at radius 3 is 2.77 bits per heavy atom. The largest absolute Gasteiger partial charge is 0.416 e. The second-order valence-corrected chi connectivity index (χ2v) is 6.45. The first-order chi connectivity index (χ1) is 12.3. The fourth-order valence-corrected chi connectivity index (χ4v) is 3.21. The number of amides is 2. The number of urea groups is 1. The second kappa shape index (κ2) is 6.97. The molecule has 9 heteroatoms. The number of hydrogen-bond donors (Lipinski definition) is 1. The fourth-order valence-electron chi connectivity index (χ4n) is 3.21. The molecule has 2 aromatic rings. The Morgan fingerprint density at radius 2 is 2.15 bits per heavy atom. The molecule has 26 heavy (non-hydrogen) atoms. The van der Waals surface area contributed by atoms with E-state index in [0.29, 0.717) is 17.7 Å². The molecule has 1 aromatic heterocycles. The van der Waals surface area contributed by atoms with E-state index in [9.17, 15) is 18.0 Å². The van der Waals surface area contributed by atoms with E-state index in [2.05, 4.69) is 15.5 Å². The molecule has 1 fully saturated rings. The quantitative estimate of drug-likeness (QED) is 0.906.